The highest BCUT2D eigenvalue weighted by molar-refractivity contribution is 6.34. The maximum atomic E-state index is 12.7. The quantitative estimate of drug-likeness (QED) is 0.566. The van der Waals surface area contributed by atoms with Crippen molar-refractivity contribution < 1.29 is 14.5 Å². The van der Waals surface area contributed by atoms with Crippen molar-refractivity contribution in [1.82, 2.24) is 10.6 Å². The number of benzene rings is 1. The van der Waals surface area contributed by atoms with Crippen molar-refractivity contribution in [3.05, 3.63) is 38.9 Å². The van der Waals surface area contributed by atoms with Crippen LogP contribution in [-0.4, -0.2) is 28.8 Å². The molecule has 0 bridgehead atoms. The van der Waals surface area contributed by atoms with Crippen LogP contribution in [0.5, 0.6) is 0 Å². The first-order valence-electron chi connectivity index (χ1n) is 9.26. The van der Waals surface area contributed by atoms with E-state index in [4.69, 9.17) is 11.6 Å². The van der Waals surface area contributed by atoms with E-state index in [0.717, 1.165) is 25.3 Å². The van der Waals surface area contributed by atoms with Crippen LogP contribution in [0.25, 0.3) is 0 Å². The lowest BCUT2D eigenvalue weighted by molar-refractivity contribution is -0.384. The minimum absolute atomic E-state index is 0.0227. The summed E-state index contributed by atoms with van der Waals surface area (Å²) in [6.07, 6.45) is 4.30. The Morgan fingerprint density at radius 2 is 1.93 bits per heavy atom. The molecule has 148 valence electrons. The number of nitrogens with zero attached hydrogens (tertiary/aromatic N) is 1. The lowest BCUT2D eigenvalue weighted by Gasteiger charge is -2.32. The van der Waals surface area contributed by atoms with Gasteiger partial charge in [-0.3, -0.25) is 19.7 Å². The van der Waals surface area contributed by atoms with Crippen molar-refractivity contribution in [2.75, 3.05) is 0 Å². The van der Waals surface area contributed by atoms with Gasteiger partial charge in [-0.1, -0.05) is 45.2 Å². The molecule has 27 heavy (non-hydrogen) atoms. The lowest BCUT2D eigenvalue weighted by Crippen LogP contribution is -2.53. The number of amides is 2. The van der Waals surface area contributed by atoms with Gasteiger partial charge in [0.25, 0.3) is 11.6 Å². The molecule has 0 aromatic heterocycles. The molecule has 0 spiro atoms. The summed E-state index contributed by atoms with van der Waals surface area (Å²) in [5.74, 6) is -0.449. The smallest absolute Gasteiger partial charge is 0.270 e. The van der Waals surface area contributed by atoms with Crippen LogP contribution in [0.2, 0.25) is 5.02 Å². The van der Waals surface area contributed by atoms with Gasteiger partial charge in [-0.25, -0.2) is 0 Å². The van der Waals surface area contributed by atoms with E-state index < -0.39 is 16.9 Å². The standard InChI is InChI=1S/C19H26ClN3O4/c1-11(2)17(19(25)21-16-7-5-4-6-12(16)3)22-18(24)14-9-8-13(23(26)27)10-15(14)20/h8-12,16-17H,4-7H2,1-3H3,(H,21,25)(H,22,24). The van der Waals surface area contributed by atoms with E-state index in [1.165, 1.54) is 18.6 Å². The summed E-state index contributed by atoms with van der Waals surface area (Å²) >= 11 is 6.02. The summed E-state index contributed by atoms with van der Waals surface area (Å²) in [5, 5.41) is 16.6. The number of nitrogens with one attached hydrogen (secondary N) is 2. The largest absolute Gasteiger partial charge is 0.351 e. The molecule has 0 aliphatic heterocycles. The van der Waals surface area contributed by atoms with Crippen molar-refractivity contribution in [2.24, 2.45) is 11.8 Å². The molecule has 1 aliphatic rings. The molecule has 1 aromatic rings. The number of carbonyl (C=O) groups excluding carboxylic acids is 2. The van der Waals surface area contributed by atoms with E-state index in [-0.39, 0.29) is 34.1 Å². The third-order valence-corrected chi connectivity index (χ3v) is 5.40. The summed E-state index contributed by atoms with van der Waals surface area (Å²) in [6, 6.07) is 3.05. The predicted octanol–water partition coefficient (Wildman–Crippen LogP) is 3.70. The molecule has 2 N–H and O–H groups in total. The number of halogens is 1. The lowest BCUT2D eigenvalue weighted by atomic mass is 9.85. The molecule has 1 saturated carbocycles. The zero-order valence-electron chi connectivity index (χ0n) is 15.8. The molecule has 0 radical (unpaired) electrons. The molecule has 1 fully saturated rings. The fourth-order valence-corrected chi connectivity index (χ4v) is 3.62. The maximum Gasteiger partial charge on any atom is 0.270 e. The van der Waals surface area contributed by atoms with E-state index in [1.54, 1.807) is 0 Å². The van der Waals surface area contributed by atoms with Crippen LogP contribution in [-0.2, 0) is 4.79 Å². The summed E-state index contributed by atoms with van der Waals surface area (Å²) in [5.41, 5.74) is -0.0901. The highest BCUT2D eigenvalue weighted by atomic mass is 35.5. The van der Waals surface area contributed by atoms with Gasteiger partial charge >= 0.3 is 0 Å². The van der Waals surface area contributed by atoms with Crippen molar-refractivity contribution in [2.45, 2.75) is 58.5 Å². The molecular formula is C19H26ClN3O4. The molecular weight excluding hydrogens is 370 g/mol. The van der Waals surface area contributed by atoms with Crippen LogP contribution in [0.3, 0.4) is 0 Å². The Kier molecular flexibility index (Phi) is 7.18. The zero-order valence-corrected chi connectivity index (χ0v) is 16.6. The second kappa shape index (κ2) is 9.17. The average Bonchev–Trinajstić information content (AvgIpc) is 2.60. The van der Waals surface area contributed by atoms with Crippen LogP contribution in [0, 0.1) is 22.0 Å². The van der Waals surface area contributed by atoms with Crippen LogP contribution < -0.4 is 10.6 Å². The number of rotatable bonds is 6. The summed E-state index contributed by atoms with van der Waals surface area (Å²) in [4.78, 5) is 35.5. The Balaban J connectivity index is 2.09. The molecule has 7 nitrogen and oxygen atoms in total. The van der Waals surface area contributed by atoms with Crippen LogP contribution in [0.1, 0.15) is 56.8 Å². The molecule has 2 rings (SSSR count). The Labute approximate surface area is 164 Å². The number of hydrogen-bond donors (Lipinski definition) is 2. The number of non-ortho nitro benzene ring substituents is 1. The second-order valence-electron chi connectivity index (χ2n) is 7.49. The summed E-state index contributed by atoms with van der Waals surface area (Å²) in [7, 11) is 0. The van der Waals surface area contributed by atoms with Crippen LogP contribution >= 0.6 is 11.6 Å². The SMILES string of the molecule is CC(C)C(NC(=O)c1ccc([N+](=O)[O-])cc1Cl)C(=O)NC1CCCCC1C. The molecule has 1 aliphatic carbocycles. The first kappa shape index (κ1) is 21.2. The van der Waals surface area contributed by atoms with Gasteiger partial charge in [0.15, 0.2) is 0 Å². The number of nitro benzene ring substituents is 1. The molecule has 3 unspecified atom stereocenters. The summed E-state index contributed by atoms with van der Waals surface area (Å²) in [6.45, 7) is 5.84. The zero-order chi connectivity index (χ0) is 20.1. The Morgan fingerprint density at radius 3 is 2.48 bits per heavy atom. The van der Waals surface area contributed by atoms with Crippen LogP contribution in [0.4, 0.5) is 5.69 Å². The Morgan fingerprint density at radius 1 is 1.26 bits per heavy atom. The van der Waals surface area contributed by atoms with Crippen molar-refractivity contribution in [3.8, 4) is 0 Å². The highest BCUT2D eigenvalue weighted by Crippen LogP contribution is 2.25. The van der Waals surface area contributed by atoms with Gasteiger partial charge in [0.2, 0.25) is 5.91 Å². The predicted molar refractivity (Wildman–Crippen MR) is 104 cm³/mol. The third kappa shape index (κ3) is 5.42. The van der Waals surface area contributed by atoms with Gasteiger partial charge in [-0.15, -0.1) is 0 Å². The fraction of sp³-hybridized carbons (Fsp3) is 0.579. The number of hydrogen-bond acceptors (Lipinski definition) is 4. The van der Waals surface area contributed by atoms with Gasteiger partial charge in [-0.2, -0.15) is 0 Å². The van der Waals surface area contributed by atoms with Gasteiger partial charge in [0.1, 0.15) is 6.04 Å². The third-order valence-electron chi connectivity index (χ3n) is 5.08. The van der Waals surface area contributed by atoms with Crippen molar-refractivity contribution in [1.29, 1.82) is 0 Å². The van der Waals surface area contributed by atoms with Gasteiger partial charge < -0.3 is 10.6 Å². The van der Waals surface area contributed by atoms with E-state index >= 15 is 0 Å². The maximum absolute atomic E-state index is 12.7. The van der Waals surface area contributed by atoms with E-state index in [9.17, 15) is 19.7 Å². The second-order valence-corrected chi connectivity index (χ2v) is 7.90. The average molecular weight is 396 g/mol. The van der Waals surface area contributed by atoms with Gasteiger partial charge in [-0.05, 0) is 30.7 Å². The number of nitro groups is 1. The van der Waals surface area contributed by atoms with Crippen molar-refractivity contribution in [3.63, 3.8) is 0 Å². The van der Waals surface area contributed by atoms with Gasteiger partial charge in [0, 0.05) is 18.2 Å². The molecule has 3 atom stereocenters. The highest BCUT2D eigenvalue weighted by Gasteiger charge is 2.30. The topological polar surface area (TPSA) is 101 Å². The molecule has 2 amide bonds. The Hall–Kier alpha value is -2.15. The summed E-state index contributed by atoms with van der Waals surface area (Å²) < 4.78 is 0. The van der Waals surface area contributed by atoms with E-state index in [0.29, 0.717) is 5.92 Å². The normalized spacial score (nSPS) is 20.8. The minimum Gasteiger partial charge on any atom is -0.351 e. The first-order valence-corrected chi connectivity index (χ1v) is 9.63. The fourth-order valence-electron chi connectivity index (χ4n) is 3.36. The minimum atomic E-state index is -0.710. The van der Waals surface area contributed by atoms with Crippen molar-refractivity contribution >= 4 is 29.1 Å². The Bertz CT molecular complexity index is 723. The van der Waals surface area contributed by atoms with Crippen LogP contribution in [0.15, 0.2) is 18.2 Å². The molecule has 8 heteroatoms. The molecule has 0 heterocycles. The number of carbonyl (C=O) groups is 2. The first-order chi connectivity index (χ1) is 12.7. The van der Waals surface area contributed by atoms with E-state index in [1.807, 2.05) is 13.8 Å². The monoisotopic (exact) mass is 395 g/mol. The molecule has 1 aromatic carbocycles. The van der Waals surface area contributed by atoms with Gasteiger partial charge in [0.05, 0.1) is 15.5 Å². The molecule has 0 saturated heterocycles. The van der Waals surface area contributed by atoms with E-state index in [2.05, 4.69) is 17.6 Å².